The van der Waals surface area contributed by atoms with Crippen molar-refractivity contribution in [2.24, 2.45) is 0 Å². The summed E-state index contributed by atoms with van der Waals surface area (Å²) in [5, 5.41) is 12.7. The second kappa shape index (κ2) is 3.55. The van der Waals surface area contributed by atoms with Crippen molar-refractivity contribution in [3.05, 3.63) is 24.5 Å². The fourth-order valence-corrected chi connectivity index (χ4v) is 1.31. The minimum atomic E-state index is -0.0188. The lowest BCUT2D eigenvalue weighted by molar-refractivity contribution is 0.202. The van der Waals surface area contributed by atoms with Crippen molar-refractivity contribution < 1.29 is 9.84 Å². The molecule has 0 aromatic carbocycles. The van der Waals surface area contributed by atoms with Gasteiger partial charge >= 0.3 is 0 Å². The SMILES string of the molecule is Nc1cnn2cccc(OCCO)c12. The Morgan fingerprint density at radius 2 is 2.43 bits per heavy atom. The summed E-state index contributed by atoms with van der Waals surface area (Å²) in [5.41, 5.74) is 7.03. The molecule has 0 unspecified atom stereocenters. The zero-order valence-corrected chi connectivity index (χ0v) is 7.55. The molecular formula is C9H11N3O2. The third-order valence-electron chi connectivity index (χ3n) is 1.88. The van der Waals surface area contributed by atoms with E-state index in [2.05, 4.69) is 5.10 Å². The van der Waals surface area contributed by atoms with Crippen LogP contribution in [0.25, 0.3) is 5.52 Å². The van der Waals surface area contributed by atoms with Crippen LogP contribution in [0.15, 0.2) is 24.5 Å². The predicted molar refractivity (Wildman–Crippen MR) is 52.2 cm³/mol. The molecule has 0 saturated carbocycles. The van der Waals surface area contributed by atoms with Crippen LogP contribution in [0, 0.1) is 0 Å². The Morgan fingerprint density at radius 1 is 1.57 bits per heavy atom. The molecule has 2 rings (SSSR count). The Bertz CT molecular complexity index is 439. The number of hydrogen-bond acceptors (Lipinski definition) is 4. The lowest BCUT2D eigenvalue weighted by atomic mass is 10.3. The Hall–Kier alpha value is -1.75. The van der Waals surface area contributed by atoms with E-state index in [9.17, 15) is 0 Å². The average molecular weight is 193 g/mol. The largest absolute Gasteiger partial charge is 0.489 e. The molecular weight excluding hydrogens is 182 g/mol. The number of pyridine rings is 1. The molecule has 14 heavy (non-hydrogen) atoms. The molecule has 0 aliphatic carbocycles. The van der Waals surface area contributed by atoms with Gasteiger partial charge in [-0.05, 0) is 12.1 Å². The van der Waals surface area contributed by atoms with Crippen LogP contribution < -0.4 is 10.5 Å². The number of aromatic nitrogens is 2. The first-order chi connectivity index (χ1) is 6.83. The second-order valence-corrected chi connectivity index (χ2v) is 2.84. The van der Waals surface area contributed by atoms with Gasteiger partial charge in [0.2, 0.25) is 0 Å². The van der Waals surface area contributed by atoms with Crippen molar-refractivity contribution in [3.63, 3.8) is 0 Å². The zero-order valence-electron chi connectivity index (χ0n) is 7.55. The first-order valence-corrected chi connectivity index (χ1v) is 4.28. The standard InChI is InChI=1S/C9H11N3O2/c10-7-6-11-12-3-1-2-8(9(7)12)14-5-4-13/h1-3,6,13H,4-5,10H2. The number of fused-ring (bicyclic) bond motifs is 1. The van der Waals surface area contributed by atoms with Crippen molar-refractivity contribution >= 4 is 11.2 Å². The highest BCUT2D eigenvalue weighted by Gasteiger charge is 2.06. The number of ether oxygens (including phenoxy) is 1. The van der Waals surface area contributed by atoms with Gasteiger partial charge in [-0.3, -0.25) is 0 Å². The molecule has 2 heterocycles. The van der Waals surface area contributed by atoms with Gasteiger partial charge in [-0.15, -0.1) is 0 Å². The topological polar surface area (TPSA) is 72.8 Å². The third-order valence-corrected chi connectivity index (χ3v) is 1.88. The van der Waals surface area contributed by atoms with Crippen LogP contribution in [0.1, 0.15) is 0 Å². The van der Waals surface area contributed by atoms with Gasteiger partial charge in [0.25, 0.3) is 0 Å². The molecule has 0 fully saturated rings. The maximum absolute atomic E-state index is 8.64. The highest BCUT2D eigenvalue weighted by atomic mass is 16.5. The fourth-order valence-electron chi connectivity index (χ4n) is 1.31. The number of aliphatic hydroxyl groups excluding tert-OH is 1. The van der Waals surface area contributed by atoms with Crippen molar-refractivity contribution in [1.82, 2.24) is 9.61 Å². The molecule has 0 radical (unpaired) electrons. The van der Waals surface area contributed by atoms with Gasteiger partial charge in [-0.25, -0.2) is 4.52 Å². The van der Waals surface area contributed by atoms with Gasteiger partial charge in [-0.2, -0.15) is 5.10 Å². The molecule has 0 aliphatic rings. The lowest BCUT2D eigenvalue weighted by Crippen LogP contribution is -2.03. The van der Waals surface area contributed by atoms with Gasteiger partial charge in [0.1, 0.15) is 17.9 Å². The van der Waals surface area contributed by atoms with E-state index in [4.69, 9.17) is 15.6 Å². The average Bonchev–Trinajstić information content (AvgIpc) is 2.58. The highest BCUT2D eigenvalue weighted by molar-refractivity contribution is 5.75. The number of aliphatic hydroxyl groups is 1. The van der Waals surface area contributed by atoms with E-state index in [0.29, 0.717) is 11.4 Å². The van der Waals surface area contributed by atoms with Crippen LogP contribution in [0.5, 0.6) is 5.75 Å². The van der Waals surface area contributed by atoms with E-state index < -0.39 is 0 Å². The van der Waals surface area contributed by atoms with E-state index in [1.807, 2.05) is 6.07 Å². The number of hydrogen-bond donors (Lipinski definition) is 2. The number of anilines is 1. The van der Waals surface area contributed by atoms with Crippen molar-refractivity contribution in [1.29, 1.82) is 0 Å². The quantitative estimate of drug-likeness (QED) is 0.734. The summed E-state index contributed by atoms with van der Waals surface area (Å²) in [7, 11) is 0. The maximum Gasteiger partial charge on any atom is 0.147 e. The van der Waals surface area contributed by atoms with Gasteiger partial charge < -0.3 is 15.6 Å². The minimum Gasteiger partial charge on any atom is -0.489 e. The summed E-state index contributed by atoms with van der Waals surface area (Å²) in [4.78, 5) is 0. The molecule has 5 heteroatoms. The Kier molecular flexibility index (Phi) is 2.24. The third kappa shape index (κ3) is 1.38. The number of nitrogens with zero attached hydrogens (tertiary/aromatic N) is 2. The smallest absolute Gasteiger partial charge is 0.147 e. The molecule has 0 bridgehead atoms. The molecule has 0 spiro atoms. The normalized spacial score (nSPS) is 10.6. The highest BCUT2D eigenvalue weighted by Crippen LogP contribution is 2.24. The summed E-state index contributed by atoms with van der Waals surface area (Å²) < 4.78 is 6.96. The lowest BCUT2D eigenvalue weighted by Gasteiger charge is -2.05. The van der Waals surface area contributed by atoms with E-state index >= 15 is 0 Å². The van der Waals surface area contributed by atoms with Crippen LogP contribution >= 0.6 is 0 Å². The van der Waals surface area contributed by atoms with Crippen molar-refractivity contribution in [3.8, 4) is 5.75 Å². The molecule has 74 valence electrons. The van der Waals surface area contributed by atoms with E-state index in [1.54, 1.807) is 23.0 Å². The Morgan fingerprint density at radius 3 is 3.21 bits per heavy atom. The summed E-state index contributed by atoms with van der Waals surface area (Å²) in [6.45, 7) is 0.236. The first kappa shape index (κ1) is 8.83. The number of rotatable bonds is 3. The summed E-state index contributed by atoms with van der Waals surface area (Å²) in [5.74, 6) is 0.636. The Labute approximate surface area is 80.7 Å². The molecule has 3 N–H and O–H groups in total. The summed E-state index contributed by atoms with van der Waals surface area (Å²) in [6, 6.07) is 3.61. The second-order valence-electron chi connectivity index (χ2n) is 2.84. The molecule has 0 saturated heterocycles. The first-order valence-electron chi connectivity index (χ1n) is 4.28. The van der Waals surface area contributed by atoms with Crippen LogP contribution in [0.4, 0.5) is 5.69 Å². The molecule has 0 aliphatic heterocycles. The Balaban J connectivity index is 2.46. The van der Waals surface area contributed by atoms with Gasteiger partial charge in [0.15, 0.2) is 0 Å². The molecule has 2 aromatic heterocycles. The van der Waals surface area contributed by atoms with Crippen LogP contribution in [0.3, 0.4) is 0 Å². The molecule has 0 amide bonds. The fraction of sp³-hybridized carbons (Fsp3) is 0.222. The van der Waals surface area contributed by atoms with E-state index in [1.165, 1.54) is 0 Å². The monoisotopic (exact) mass is 193 g/mol. The molecule has 5 nitrogen and oxygen atoms in total. The van der Waals surface area contributed by atoms with E-state index in [-0.39, 0.29) is 13.2 Å². The number of nitrogens with two attached hydrogens (primary N) is 1. The predicted octanol–water partition coefficient (Wildman–Crippen LogP) is 0.288. The van der Waals surface area contributed by atoms with Crippen LogP contribution in [-0.2, 0) is 0 Å². The van der Waals surface area contributed by atoms with Crippen molar-refractivity contribution in [2.45, 2.75) is 0 Å². The summed E-state index contributed by atoms with van der Waals surface area (Å²) >= 11 is 0. The molecule has 2 aromatic rings. The minimum absolute atomic E-state index is 0.0188. The van der Waals surface area contributed by atoms with Crippen molar-refractivity contribution in [2.75, 3.05) is 18.9 Å². The van der Waals surface area contributed by atoms with Crippen LogP contribution in [-0.4, -0.2) is 27.9 Å². The number of nitrogen functional groups attached to an aromatic ring is 1. The van der Waals surface area contributed by atoms with Gasteiger partial charge in [0, 0.05) is 6.20 Å². The summed E-state index contributed by atoms with van der Waals surface area (Å²) in [6.07, 6.45) is 3.36. The van der Waals surface area contributed by atoms with Gasteiger partial charge in [-0.1, -0.05) is 0 Å². The zero-order chi connectivity index (χ0) is 9.97. The van der Waals surface area contributed by atoms with E-state index in [0.717, 1.165) is 5.52 Å². The van der Waals surface area contributed by atoms with Crippen LogP contribution in [0.2, 0.25) is 0 Å². The maximum atomic E-state index is 8.64. The molecule has 0 atom stereocenters. The van der Waals surface area contributed by atoms with Gasteiger partial charge in [0.05, 0.1) is 18.5 Å².